The number of rotatable bonds is 3. The third-order valence-electron chi connectivity index (χ3n) is 2.89. The van der Waals surface area contributed by atoms with Gasteiger partial charge in [-0.25, -0.2) is 0 Å². The first-order valence-corrected chi connectivity index (χ1v) is 7.20. The Bertz CT molecular complexity index is 517. The maximum absolute atomic E-state index is 10.8. The van der Waals surface area contributed by atoms with Crippen molar-refractivity contribution in [3.63, 3.8) is 0 Å². The molecule has 1 unspecified atom stereocenters. The van der Waals surface area contributed by atoms with E-state index in [1.165, 1.54) is 6.92 Å². The molecule has 4 nitrogen and oxygen atoms in total. The van der Waals surface area contributed by atoms with Gasteiger partial charge < -0.3 is 9.47 Å². The molecule has 3 rings (SSSR count). The maximum Gasteiger partial charge on any atom is 0.302 e. The average Bonchev–Trinajstić information content (AvgIpc) is 2.89. The summed E-state index contributed by atoms with van der Waals surface area (Å²) in [5.74, 6) is -0.321. The number of aliphatic imine (C=N–C) groups is 1. The second-order valence-electron chi connectivity index (χ2n) is 4.45. The zero-order valence-corrected chi connectivity index (χ0v) is 11.7. The molecular weight excluding hydrogens is 274 g/mol. The Morgan fingerprint density at radius 1 is 1.40 bits per heavy atom. The van der Waals surface area contributed by atoms with Gasteiger partial charge in [0.05, 0.1) is 6.04 Å². The first kappa shape index (κ1) is 13.6. The normalized spacial score (nSPS) is 28.6. The highest BCUT2D eigenvalue weighted by Gasteiger charge is 2.38. The zero-order chi connectivity index (χ0) is 13.9. The van der Waals surface area contributed by atoms with E-state index in [1.54, 1.807) is 11.8 Å². The highest BCUT2D eigenvalue weighted by Crippen LogP contribution is 2.37. The molecule has 0 bridgehead atoms. The molecule has 0 aromatic heterocycles. The van der Waals surface area contributed by atoms with Crippen molar-refractivity contribution in [1.29, 1.82) is 0 Å². The van der Waals surface area contributed by atoms with Crippen molar-refractivity contribution >= 4 is 22.8 Å². The summed E-state index contributed by atoms with van der Waals surface area (Å²) < 4.78 is 10.7. The van der Waals surface area contributed by atoms with Gasteiger partial charge in [-0.15, -0.1) is 0 Å². The number of esters is 1. The van der Waals surface area contributed by atoms with Crippen LogP contribution in [0.2, 0.25) is 0 Å². The Kier molecular flexibility index (Phi) is 4.08. The van der Waals surface area contributed by atoms with Crippen LogP contribution in [0.4, 0.5) is 0 Å². The fourth-order valence-corrected chi connectivity index (χ4v) is 3.08. The number of hydrogen-bond acceptors (Lipinski definition) is 5. The number of benzene rings is 1. The lowest BCUT2D eigenvalue weighted by Crippen LogP contribution is -2.37. The van der Waals surface area contributed by atoms with E-state index in [-0.39, 0.29) is 30.2 Å². The average molecular weight is 287 g/mol. The maximum atomic E-state index is 10.8. The van der Waals surface area contributed by atoms with Crippen LogP contribution >= 0.6 is 11.8 Å². The van der Waals surface area contributed by atoms with Crippen molar-refractivity contribution < 1.29 is 14.3 Å². The van der Waals surface area contributed by atoms with Gasteiger partial charge in [0, 0.05) is 25.3 Å². The van der Waals surface area contributed by atoms with Crippen LogP contribution in [0.3, 0.4) is 0 Å². The molecule has 0 amide bonds. The molecule has 5 heteroatoms. The number of fused-ring (bicyclic) bond motifs is 1. The zero-order valence-electron chi connectivity index (χ0n) is 10.9. The molecule has 2 heterocycles. The highest BCUT2D eigenvalue weighted by atomic mass is 32.2. The van der Waals surface area contributed by atoms with Crippen molar-refractivity contribution in [3.05, 3.63) is 48.7 Å². The third-order valence-corrected chi connectivity index (χ3v) is 4.06. The van der Waals surface area contributed by atoms with E-state index < -0.39 is 0 Å². The number of thioether (sulfide) groups is 1. The quantitative estimate of drug-likeness (QED) is 0.798. The lowest BCUT2D eigenvalue weighted by molar-refractivity contribution is -0.145. The van der Waals surface area contributed by atoms with Crippen LogP contribution in [0.5, 0.6) is 0 Å². The van der Waals surface area contributed by atoms with Crippen LogP contribution in [-0.2, 0) is 14.3 Å². The lowest BCUT2D eigenvalue weighted by Gasteiger charge is -2.28. The van der Waals surface area contributed by atoms with Gasteiger partial charge in [-0.3, -0.25) is 9.79 Å². The van der Waals surface area contributed by atoms with Gasteiger partial charge in [-0.05, 0) is 0 Å². The molecule has 1 aromatic carbocycles. The smallest absolute Gasteiger partial charge is 0.302 e. The van der Waals surface area contributed by atoms with Crippen LogP contribution in [-0.4, -0.2) is 35.2 Å². The first-order valence-electron chi connectivity index (χ1n) is 6.32. The summed E-state index contributed by atoms with van der Waals surface area (Å²) in [7, 11) is 0. The summed E-state index contributed by atoms with van der Waals surface area (Å²) in [6, 6.07) is 9.85. The van der Waals surface area contributed by atoms with Crippen LogP contribution < -0.4 is 0 Å². The van der Waals surface area contributed by atoms with Crippen molar-refractivity contribution in [3.8, 4) is 0 Å². The van der Waals surface area contributed by atoms with Gasteiger partial charge in [0.2, 0.25) is 0 Å². The van der Waals surface area contributed by atoms with Crippen molar-refractivity contribution in [2.45, 2.75) is 24.5 Å². The number of hydrogen-bond donors (Lipinski definition) is 0. The molecule has 0 spiro atoms. The van der Waals surface area contributed by atoms with E-state index in [2.05, 4.69) is 17.8 Å². The van der Waals surface area contributed by atoms with E-state index >= 15 is 0 Å². The van der Waals surface area contributed by atoms with Gasteiger partial charge >= 0.3 is 5.97 Å². The third kappa shape index (κ3) is 3.04. The minimum absolute atomic E-state index is 0.119. The van der Waals surface area contributed by atoms with Crippen molar-refractivity contribution in [1.82, 2.24) is 0 Å². The fourth-order valence-electron chi connectivity index (χ4n) is 1.97. The molecule has 0 aliphatic carbocycles. The summed E-state index contributed by atoms with van der Waals surface area (Å²) in [4.78, 5) is 15.4. The molecule has 1 saturated heterocycles. The van der Waals surface area contributed by atoms with Crippen molar-refractivity contribution in [2.24, 2.45) is 4.99 Å². The number of carbonyl (C=O) groups is 1. The lowest BCUT2D eigenvalue weighted by atomic mass is 10.1. The Balaban J connectivity index is 1.61. The van der Waals surface area contributed by atoms with Gasteiger partial charge in [0.25, 0.3) is 0 Å². The second-order valence-corrected chi connectivity index (χ2v) is 5.53. The summed E-state index contributed by atoms with van der Waals surface area (Å²) >= 11 is 1.57. The second kappa shape index (κ2) is 5.97. The van der Waals surface area contributed by atoms with E-state index in [4.69, 9.17) is 9.47 Å². The minimum Gasteiger partial charge on any atom is -0.463 e. The summed E-state index contributed by atoms with van der Waals surface area (Å²) in [5.41, 5.74) is 0.959. The van der Waals surface area contributed by atoms with Crippen LogP contribution in [0.25, 0.3) is 0 Å². The predicted molar refractivity (Wildman–Crippen MR) is 76.1 cm³/mol. The molecule has 102 valence electrons. The van der Waals surface area contributed by atoms with Gasteiger partial charge in [-0.1, -0.05) is 42.1 Å². The summed E-state index contributed by atoms with van der Waals surface area (Å²) in [6.45, 7) is 1.55. The molecule has 2 aliphatic heterocycles. The van der Waals surface area contributed by atoms with Crippen molar-refractivity contribution in [2.75, 3.05) is 6.61 Å². The van der Waals surface area contributed by atoms with Crippen LogP contribution in [0, 0.1) is 12.8 Å². The Morgan fingerprint density at radius 2 is 2.20 bits per heavy atom. The largest absolute Gasteiger partial charge is 0.463 e. The fraction of sp³-hybridized carbons (Fsp3) is 0.333. The molecule has 0 N–H and O–H groups in total. The van der Waals surface area contributed by atoms with Gasteiger partial charge in [0.15, 0.2) is 0 Å². The Labute approximate surface area is 122 Å². The monoisotopic (exact) mass is 287 g/mol. The highest BCUT2D eigenvalue weighted by molar-refractivity contribution is 8.15. The standard InChI is InChI=1S/C15H13NO3S/c1-10(17)18-9-12-7-8-13-15(19-12)20-14(16-13)11-5-3-2-4-6-11/h2-6,12-13,15H,9H2,1H3/t12?,13-,15-/m1/s1. The van der Waals surface area contributed by atoms with Crippen LogP contribution in [0.1, 0.15) is 12.5 Å². The molecule has 2 aliphatic rings. The predicted octanol–water partition coefficient (Wildman–Crippen LogP) is 2.00. The number of ether oxygens (including phenoxy) is 2. The molecule has 4 radical (unpaired) electrons. The van der Waals surface area contributed by atoms with E-state index in [0.29, 0.717) is 0 Å². The Hall–Kier alpha value is -1.33. The topological polar surface area (TPSA) is 47.9 Å². The minimum atomic E-state index is -0.363. The number of nitrogens with zero attached hydrogens (tertiary/aromatic N) is 1. The van der Waals surface area contributed by atoms with E-state index in [1.807, 2.05) is 30.3 Å². The molecule has 1 fully saturated rings. The Morgan fingerprint density at radius 3 is 2.95 bits per heavy atom. The molecular formula is C15H13NO3S. The summed E-state index contributed by atoms with van der Waals surface area (Å²) in [5, 5.41) is 0.947. The molecule has 1 aromatic rings. The molecule has 0 saturated carbocycles. The van der Waals surface area contributed by atoms with Crippen LogP contribution in [0.15, 0.2) is 35.3 Å². The van der Waals surface area contributed by atoms with Gasteiger partial charge in [0.1, 0.15) is 23.2 Å². The van der Waals surface area contributed by atoms with E-state index in [0.717, 1.165) is 10.6 Å². The molecule has 3 atom stereocenters. The summed E-state index contributed by atoms with van der Waals surface area (Å²) in [6.07, 6.45) is 5.67. The SMILES string of the molecule is CC(=O)OCC1[C][C][C@H]2N=C(c3ccccc3)S[C@H]2O1. The number of carbonyl (C=O) groups excluding carboxylic acids is 1. The van der Waals surface area contributed by atoms with Gasteiger partial charge in [-0.2, -0.15) is 0 Å². The first-order chi connectivity index (χ1) is 9.72. The molecule has 20 heavy (non-hydrogen) atoms. The van der Waals surface area contributed by atoms with E-state index in [9.17, 15) is 4.79 Å².